The molecule has 0 aliphatic carbocycles. The van der Waals surface area contributed by atoms with Gasteiger partial charge in [0.05, 0.1) is 11.5 Å². The number of carbonyl (C=O) groups is 2. The fourth-order valence-electron chi connectivity index (χ4n) is 4.26. The smallest absolute Gasteiger partial charge is 0.309 e. The van der Waals surface area contributed by atoms with Crippen molar-refractivity contribution in [1.82, 2.24) is 4.90 Å². The van der Waals surface area contributed by atoms with Crippen molar-refractivity contribution in [3.05, 3.63) is 95.3 Å². The second-order valence-electron chi connectivity index (χ2n) is 8.46. The van der Waals surface area contributed by atoms with Crippen molar-refractivity contribution in [2.75, 3.05) is 13.1 Å². The predicted molar refractivity (Wildman–Crippen MR) is 123 cm³/mol. The number of likely N-dealkylation sites (tertiary alicyclic amines) is 1. The molecule has 1 N–H and O–H groups in total. The third kappa shape index (κ3) is 3.94. The third-order valence-electron chi connectivity index (χ3n) is 6.36. The second-order valence-corrected chi connectivity index (χ2v) is 8.46. The molecule has 0 spiro atoms. The normalized spacial score (nSPS) is 15.3. The van der Waals surface area contributed by atoms with Crippen LogP contribution in [-0.2, 0) is 4.79 Å². The predicted octanol–water partition coefficient (Wildman–Crippen LogP) is 5.55. The van der Waals surface area contributed by atoms with E-state index in [-0.39, 0.29) is 17.7 Å². The van der Waals surface area contributed by atoms with Crippen LogP contribution in [0.15, 0.2) is 77.2 Å². The number of carboxylic acid groups (broad SMARTS) is 1. The quantitative estimate of drug-likeness (QED) is 0.396. The zero-order valence-electron chi connectivity index (χ0n) is 18.0. The number of carboxylic acids is 1. The van der Waals surface area contributed by atoms with Gasteiger partial charge in [-0.1, -0.05) is 36.4 Å². The van der Waals surface area contributed by atoms with Crippen LogP contribution in [0.3, 0.4) is 0 Å². The first-order valence-electron chi connectivity index (χ1n) is 10.8. The van der Waals surface area contributed by atoms with Crippen LogP contribution in [-0.4, -0.2) is 34.8 Å². The SMILES string of the molecule is CC(c1ccc(-c2cc3cc(C(=O)c4ccccc4)ccc3o2)c(F)c1)N1CC(C(=O)O)C1. The van der Waals surface area contributed by atoms with E-state index in [4.69, 9.17) is 9.52 Å². The molecule has 0 bridgehead atoms. The standard InChI is InChI=1S/C27H22FNO4/c1-16(29-14-21(15-29)27(31)32)18-7-9-22(23(28)12-18)25-13-20-11-19(8-10-24(20)33-25)26(30)17-5-3-2-4-6-17/h2-13,16,21H,14-15H2,1H3,(H,31,32). The number of rotatable bonds is 6. The Morgan fingerprint density at radius 1 is 1.00 bits per heavy atom. The van der Waals surface area contributed by atoms with E-state index in [0.717, 1.165) is 10.9 Å². The van der Waals surface area contributed by atoms with Gasteiger partial charge in [0.1, 0.15) is 17.2 Å². The Morgan fingerprint density at radius 3 is 2.45 bits per heavy atom. The van der Waals surface area contributed by atoms with Crippen LogP contribution in [0.2, 0.25) is 0 Å². The number of benzene rings is 3. The molecule has 1 saturated heterocycles. The molecule has 3 aromatic carbocycles. The molecule has 2 heterocycles. The van der Waals surface area contributed by atoms with Gasteiger partial charge in [0.25, 0.3) is 0 Å². The Hall–Kier alpha value is -3.77. The minimum absolute atomic E-state index is 0.0774. The van der Waals surface area contributed by atoms with Crippen molar-refractivity contribution in [3.8, 4) is 11.3 Å². The number of furan rings is 1. The zero-order chi connectivity index (χ0) is 23.1. The minimum atomic E-state index is -0.793. The van der Waals surface area contributed by atoms with Gasteiger partial charge < -0.3 is 9.52 Å². The first-order chi connectivity index (χ1) is 15.9. The highest BCUT2D eigenvalue weighted by Gasteiger charge is 2.35. The molecule has 5 rings (SSSR count). The van der Waals surface area contributed by atoms with Crippen LogP contribution in [0.5, 0.6) is 0 Å². The molecule has 0 radical (unpaired) electrons. The Bertz CT molecular complexity index is 1360. The van der Waals surface area contributed by atoms with E-state index < -0.39 is 11.8 Å². The number of aliphatic carboxylic acids is 1. The molecule has 1 atom stereocenters. The summed E-state index contributed by atoms with van der Waals surface area (Å²) in [5.74, 6) is -1.25. The maximum absolute atomic E-state index is 15.0. The highest BCUT2D eigenvalue weighted by atomic mass is 19.1. The second kappa shape index (κ2) is 8.30. The van der Waals surface area contributed by atoms with Crippen molar-refractivity contribution < 1.29 is 23.5 Å². The van der Waals surface area contributed by atoms with Gasteiger partial charge in [-0.15, -0.1) is 0 Å². The van der Waals surface area contributed by atoms with Crippen LogP contribution in [0.1, 0.15) is 34.5 Å². The maximum Gasteiger partial charge on any atom is 0.309 e. The van der Waals surface area contributed by atoms with Crippen LogP contribution in [0.25, 0.3) is 22.3 Å². The topological polar surface area (TPSA) is 70.8 Å². The number of ketones is 1. The van der Waals surface area contributed by atoms with Gasteiger partial charge in [0.2, 0.25) is 0 Å². The summed E-state index contributed by atoms with van der Waals surface area (Å²) in [5, 5.41) is 9.79. The number of halogens is 1. The molecule has 166 valence electrons. The number of nitrogens with zero attached hydrogens (tertiary/aromatic N) is 1. The van der Waals surface area contributed by atoms with Gasteiger partial charge in [-0.25, -0.2) is 4.39 Å². The molecule has 1 unspecified atom stereocenters. The number of hydrogen-bond donors (Lipinski definition) is 1. The molecule has 6 heteroatoms. The molecule has 0 amide bonds. The average molecular weight is 443 g/mol. The summed E-state index contributed by atoms with van der Waals surface area (Å²) in [6, 6.07) is 20.9. The van der Waals surface area contributed by atoms with Crippen LogP contribution in [0, 0.1) is 11.7 Å². The number of fused-ring (bicyclic) bond motifs is 1. The van der Waals surface area contributed by atoms with E-state index in [1.807, 2.05) is 36.1 Å². The largest absolute Gasteiger partial charge is 0.481 e. The monoisotopic (exact) mass is 443 g/mol. The van der Waals surface area contributed by atoms with Crippen molar-refractivity contribution in [1.29, 1.82) is 0 Å². The van der Waals surface area contributed by atoms with Gasteiger partial charge in [0, 0.05) is 35.6 Å². The third-order valence-corrected chi connectivity index (χ3v) is 6.36. The molecule has 4 aromatic rings. The van der Waals surface area contributed by atoms with Crippen LogP contribution in [0.4, 0.5) is 4.39 Å². The van der Waals surface area contributed by atoms with Gasteiger partial charge in [-0.05, 0) is 48.9 Å². The van der Waals surface area contributed by atoms with Gasteiger partial charge in [-0.3, -0.25) is 14.5 Å². The fourth-order valence-corrected chi connectivity index (χ4v) is 4.26. The summed E-state index contributed by atoms with van der Waals surface area (Å²) >= 11 is 0. The molecule has 5 nitrogen and oxygen atoms in total. The lowest BCUT2D eigenvalue weighted by atomic mass is 9.94. The Labute approximate surface area is 190 Å². The Morgan fingerprint density at radius 2 is 1.76 bits per heavy atom. The Balaban J connectivity index is 1.39. The van der Waals surface area contributed by atoms with Gasteiger partial charge >= 0.3 is 5.97 Å². The number of carbonyl (C=O) groups excluding carboxylic acids is 1. The zero-order valence-corrected chi connectivity index (χ0v) is 18.0. The lowest BCUT2D eigenvalue weighted by Gasteiger charge is -2.41. The van der Waals surface area contributed by atoms with E-state index >= 15 is 4.39 Å². The van der Waals surface area contributed by atoms with E-state index in [0.29, 0.717) is 41.1 Å². The summed E-state index contributed by atoms with van der Waals surface area (Å²) in [7, 11) is 0. The van der Waals surface area contributed by atoms with Crippen molar-refractivity contribution >= 4 is 22.7 Å². The molecule has 0 saturated carbocycles. The lowest BCUT2D eigenvalue weighted by molar-refractivity contribution is -0.148. The summed E-state index contributed by atoms with van der Waals surface area (Å²) in [6.45, 7) is 2.87. The average Bonchev–Trinajstić information content (AvgIpc) is 3.20. The van der Waals surface area contributed by atoms with Crippen molar-refractivity contribution in [2.24, 2.45) is 5.92 Å². The molecular weight excluding hydrogens is 421 g/mol. The summed E-state index contributed by atoms with van der Waals surface area (Å²) < 4.78 is 20.9. The van der Waals surface area contributed by atoms with E-state index in [9.17, 15) is 9.59 Å². The molecular formula is C27H22FNO4. The molecule has 1 aliphatic heterocycles. The van der Waals surface area contributed by atoms with Crippen molar-refractivity contribution in [3.63, 3.8) is 0 Å². The lowest BCUT2D eigenvalue weighted by Crippen LogP contribution is -2.51. The summed E-state index contributed by atoms with van der Waals surface area (Å²) in [6.07, 6.45) is 0. The van der Waals surface area contributed by atoms with Crippen molar-refractivity contribution in [2.45, 2.75) is 13.0 Å². The van der Waals surface area contributed by atoms with E-state index in [2.05, 4.69) is 0 Å². The first kappa shape index (κ1) is 21.1. The molecule has 1 fully saturated rings. The van der Waals surface area contributed by atoms with Gasteiger partial charge in [-0.2, -0.15) is 0 Å². The van der Waals surface area contributed by atoms with Crippen LogP contribution < -0.4 is 0 Å². The molecule has 33 heavy (non-hydrogen) atoms. The highest BCUT2D eigenvalue weighted by Crippen LogP contribution is 2.34. The van der Waals surface area contributed by atoms with E-state index in [1.54, 1.807) is 42.5 Å². The Kier molecular flexibility index (Phi) is 5.30. The highest BCUT2D eigenvalue weighted by molar-refractivity contribution is 6.10. The summed E-state index contributed by atoms with van der Waals surface area (Å²) in [4.78, 5) is 25.8. The first-order valence-corrected chi connectivity index (χ1v) is 10.8. The maximum atomic E-state index is 15.0. The summed E-state index contributed by atoms with van der Waals surface area (Å²) in [5.41, 5.74) is 2.84. The van der Waals surface area contributed by atoms with Crippen LogP contribution >= 0.6 is 0 Å². The minimum Gasteiger partial charge on any atom is -0.481 e. The number of hydrogen-bond acceptors (Lipinski definition) is 4. The molecule has 1 aliphatic rings. The van der Waals surface area contributed by atoms with Gasteiger partial charge in [0.15, 0.2) is 5.78 Å². The van der Waals surface area contributed by atoms with E-state index in [1.165, 1.54) is 6.07 Å². The fraction of sp³-hybridized carbons (Fsp3) is 0.185. The molecule has 1 aromatic heterocycles.